The standard InChI is InChI=1S/C14H18N4O2/c1-4-18(9-13-11(3)16-20-17-13)14(19)15-12-8-6-5-7-10(12)2/h5-8H,4,9H2,1-3H3,(H,15,19). The summed E-state index contributed by atoms with van der Waals surface area (Å²) in [6.07, 6.45) is 0. The number of hydrogen-bond donors (Lipinski definition) is 1. The van der Waals surface area contributed by atoms with E-state index in [2.05, 4.69) is 20.3 Å². The van der Waals surface area contributed by atoms with Crippen molar-refractivity contribution in [1.29, 1.82) is 0 Å². The molecule has 1 aromatic heterocycles. The Bertz CT molecular complexity index is 594. The summed E-state index contributed by atoms with van der Waals surface area (Å²) in [4.78, 5) is 13.9. The van der Waals surface area contributed by atoms with Gasteiger partial charge in [0, 0.05) is 12.2 Å². The average Bonchev–Trinajstić information content (AvgIpc) is 2.84. The first-order chi connectivity index (χ1) is 9.61. The SMILES string of the molecule is CCN(Cc1nonc1C)C(=O)Nc1ccccc1C. The number of rotatable bonds is 4. The molecule has 0 spiro atoms. The van der Waals surface area contributed by atoms with Gasteiger partial charge in [0.2, 0.25) is 0 Å². The number of amides is 2. The first-order valence-electron chi connectivity index (χ1n) is 6.51. The van der Waals surface area contributed by atoms with E-state index in [0.717, 1.165) is 11.3 Å². The van der Waals surface area contributed by atoms with Gasteiger partial charge in [0.05, 0.1) is 6.54 Å². The lowest BCUT2D eigenvalue weighted by Crippen LogP contribution is -2.34. The third kappa shape index (κ3) is 3.14. The molecule has 20 heavy (non-hydrogen) atoms. The van der Waals surface area contributed by atoms with E-state index in [4.69, 9.17) is 0 Å². The number of nitrogens with one attached hydrogen (secondary N) is 1. The van der Waals surface area contributed by atoms with Crippen LogP contribution in [0.5, 0.6) is 0 Å². The molecule has 0 aliphatic carbocycles. The zero-order valence-electron chi connectivity index (χ0n) is 11.9. The second kappa shape index (κ2) is 6.18. The van der Waals surface area contributed by atoms with Crippen LogP contribution in [-0.2, 0) is 6.54 Å². The van der Waals surface area contributed by atoms with Crippen LogP contribution in [0.4, 0.5) is 10.5 Å². The molecule has 0 bridgehead atoms. The molecule has 0 saturated carbocycles. The minimum atomic E-state index is -0.163. The number of urea groups is 1. The van der Waals surface area contributed by atoms with Gasteiger partial charge < -0.3 is 10.2 Å². The van der Waals surface area contributed by atoms with Crippen LogP contribution in [0.1, 0.15) is 23.9 Å². The topological polar surface area (TPSA) is 71.3 Å². The maximum absolute atomic E-state index is 12.3. The molecule has 0 atom stereocenters. The van der Waals surface area contributed by atoms with Crippen LogP contribution in [-0.4, -0.2) is 27.8 Å². The highest BCUT2D eigenvalue weighted by atomic mass is 16.6. The second-order valence-corrected chi connectivity index (χ2v) is 4.56. The van der Waals surface area contributed by atoms with Crippen molar-refractivity contribution in [3.63, 3.8) is 0 Å². The highest BCUT2D eigenvalue weighted by Gasteiger charge is 2.16. The number of anilines is 1. The highest BCUT2D eigenvalue weighted by Crippen LogP contribution is 2.14. The predicted octanol–water partition coefficient (Wildman–Crippen LogP) is 2.74. The lowest BCUT2D eigenvalue weighted by molar-refractivity contribution is 0.210. The monoisotopic (exact) mass is 274 g/mol. The molecule has 0 fully saturated rings. The molecule has 6 heteroatoms. The van der Waals surface area contributed by atoms with Crippen molar-refractivity contribution in [2.75, 3.05) is 11.9 Å². The van der Waals surface area contributed by atoms with Gasteiger partial charge in [-0.2, -0.15) is 0 Å². The number of benzene rings is 1. The maximum atomic E-state index is 12.3. The van der Waals surface area contributed by atoms with Gasteiger partial charge in [-0.05, 0) is 32.4 Å². The first-order valence-corrected chi connectivity index (χ1v) is 6.51. The number of aromatic nitrogens is 2. The Morgan fingerprint density at radius 1 is 1.30 bits per heavy atom. The molecular weight excluding hydrogens is 256 g/mol. The Kier molecular flexibility index (Phi) is 4.34. The zero-order chi connectivity index (χ0) is 14.5. The smallest absolute Gasteiger partial charge is 0.319 e. The summed E-state index contributed by atoms with van der Waals surface area (Å²) in [7, 11) is 0. The van der Waals surface area contributed by atoms with Crippen LogP contribution in [0.3, 0.4) is 0 Å². The summed E-state index contributed by atoms with van der Waals surface area (Å²) in [5.74, 6) is 0. The van der Waals surface area contributed by atoms with Crippen molar-refractivity contribution < 1.29 is 9.42 Å². The Hall–Kier alpha value is -2.37. The molecular formula is C14H18N4O2. The average molecular weight is 274 g/mol. The van der Waals surface area contributed by atoms with Gasteiger partial charge in [-0.25, -0.2) is 9.42 Å². The zero-order valence-corrected chi connectivity index (χ0v) is 11.9. The summed E-state index contributed by atoms with van der Waals surface area (Å²) in [6, 6.07) is 7.50. The van der Waals surface area contributed by atoms with Crippen molar-refractivity contribution in [2.45, 2.75) is 27.3 Å². The molecule has 6 nitrogen and oxygen atoms in total. The number of carbonyl (C=O) groups excluding carboxylic acids is 1. The molecule has 106 valence electrons. The van der Waals surface area contributed by atoms with E-state index in [-0.39, 0.29) is 6.03 Å². The molecule has 1 heterocycles. The fraction of sp³-hybridized carbons (Fsp3) is 0.357. The van der Waals surface area contributed by atoms with Crippen LogP contribution >= 0.6 is 0 Å². The summed E-state index contributed by atoms with van der Waals surface area (Å²) >= 11 is 0. The van der Waals surface area contributed by atoms with Gasteiger partial charge in [-0.15, -0.1) is 0 Å². The Balaban J connectivity index is 2.06. The Labute approximate surface area is 117 Å². The van der Waals surface area contributed by atoms with Crippen LogP contribution in [0, 0.1) is 13.8 Å². The van der Waals surface area contributed by atoms with Crippen molar-refractivity contribution >= 4 is 11.7 Å². The number of nitrogens with zero attached hydrogens (tertiary/aromatic N) is 3. The normalized spacial score (nSPS) is 10.3. The van der Waals surface area contributed by atoms with Crippen molar-refractivity contribution in [3.8, 4) is 0 Å². The number of aryl methyl sites for hydroxylation is 2. The van der Waals surface area contributed by atoms with E-state index in [1.54, 1.807) is 11.8 Å². The molecule has 2 amide bonds. The van der Waals surface area contributed by atoms with Gasteiger partial charge >= 0.3 is 6.03 Å². The number of hydrogen-bond acceptors (Lipinski definition) is 4. The number of carbonyl (C=O) groups is 1. The summed E-state index contributed by atoms with van der Waals surface area (Å²) < 4.78 is 4.65. The second-order valence-electron chi connectivity index (χ2n) is 4.56. The van der Waals surface area contributed by atoms with Crippen molar-refractivity contribution in [3.05, 3.63) is 41.2 Å². The fourth-order valence-corrected chi connectivity index (χ4v) is 1.81. The highest BCUT2D eigenvalue weighted by molar-refractivity contribution is 5.90. The minimum absolute atomic E-state index is 0.163. The fourth-order valence-electron chi connectivity index (χ4n) is 1.81. The quantitative estimate of drug-likeness (QED) is 0.930. The third-order valence-electron chi connectivity index (χ3n) is 3.14. The van der Waals surface area contributed by atoms with Crippen LogP contribution < -0.4 is 5.32 Å². The summed E-state index contributed by atoms with van der Waals surface area (Å²) in [6.45, 7) is 6.63. The van der Waals surface area contributed by atoms with E-state index in [0.29, 0.717) is 24.5 Å². The lowest BCUT2D eigenvalue weighted by atomic mass is 10.2. The van der Waals surface area contributed by atoms with Crippen LogP contribution in [0.25, 0.3) is 0 Å². The van der Waals surface area contributed by atoms with Gasteiger partial charge in [-0.1, -0.05) is 28.5 Å². The molecule has 2 rings (SSSR count). The van der Waals surface area contributed by atoms with Gasteiger partial charge in [0.1, 0.15) is 11.4 Å². The predicted molar refractivity (Wildman–Crippen MR) is 75.3 cm³/mol. The minimum Gasteiger partial charge on any atom is -0.319 e. The molecule has 2 aromatic rings. The molecule has 0 unspecified atom stereocenters. The molecule has 0 aliphatic heterocycles. The molecule has 0 radical (unpaired) electrons. The maximum Gasteiger partial charge on any atom is 0.322 e. The van der Waals surface area contributed by atoms with Crippen LogP contribution in [0.2, 0.25) is 0 Å². The van der Waals surface area contributed by atoms with E-state index < -0.39 is 0 Å². The van der Waals surface area contributed by atoms with Crippen molar-refractivity contribution in [1.82, 2.24) is 15.2 Å². The van der Waals surface area contributed by atoms with Gasteiger partial charge in [-0.3, -0.25) is 0 Å². The van der Waals surface area contributed by atoms with Gasteiger partial charge in [0.15, 0.2) is 0 Å². The van der Waals surface area contributed by atoms with E-state index in [1.807, 2.05) is 38.1 Å². The van der Waals surface area contributed by atoms with E-state index in [9.17, 15) is 4.79 Å². The van der Waals surface area contributed by atoms with Crippen molar-refractivity contribution in [2.24, 2.45) is 0 Å². The Morgan fingerprint density at radius 3 is 2.65 bits per heavy atom. The Morgan fingerprint density at radius 2 is 2.05 bits per heavy atom. The number of para-hydroxylation sites is 1. The molecule has 1 aromatic carbocycles. The summed E-state index contributed by atoms with van der Waals surface area (Å²) in [5, 5.41) is 10.4. The van der Waals surface area contributed by atoms with E-state index >= 15 is 0 Å². The first kappa shape index (κ1) is 14.0. The molecule has 0 aliphatic rings. The molecule has 0 saturated heterocycles. The van der Waals surface area contributed by atoms with Crippen LogP contribution in [0.15, 0.2) is 28.9 Å². The molecule has 1 N–H and O–H groups in total. The summed E-state index contributed by atoms with van der Waals surface area (Å²) in [5.41, 5.74) is 3.21. The van der Waals surface area contributed by atoms with E-state index in [1.165, 1.54) is 0 Å². The largest absolute Gasteiger partial charge is 0.322 e. The lowest BCUT2D eigenvalue weighted by Gasteiger charge is -2.20. The van der Waals surface area contributed by atoms with Gasteiger partial charge in [0.25, 0.3) is 0 Å². The third-order valence-corrected chi connectivity index (χ3v) is 3.14.